The van der Waals surface area contributed by atoms with Gasteiger partial charge in [0.25, 0.3) is 5.88 Å². The quantitative estimate of drug-likeness (QED) is 0.0768. The van der Waals surface area contributed by atoms with E-state index >= 15 is 0 Å². The van der Waals surface area contributed by atoms with Crippen LogP contribution in [-0.4, -0.2) is 59.4 Å². The maximum atomic E-state index is 12.3. The molecule has 1 aromatic heterocycles. The van der Waals surface area contributed by atoms with Crippen molar-refractivity contribution in [3.8, 4) is 5.88 Å². The molecule has 0 fully saturated rings. The molecule has 1 unspecified atom stereocenters. The molecule has 1 amide bonds. The number of phosphoric ester groups is 1. The second-order valence-corrected chi connectivity index (χ2v) is 12.6. The van der Waals surface area contributed by atoms with Crippen LogP contribution in [0, 0.1) is 0 Å². The third-order valence-electron chi connectivity index (χ3n) is 6.56. The normalized spacial score (nSPS) is 15.2. The first kappa shape index (κ1) is 36.2. The van der Waals surface area contributed by atoms with Crippen molar-refractivity contribution in [2.75, 3.05) is 32.2 Å². The maximum absolute atomic E-state index is 12.3. The van der Waals surface area contributed by atoms with Gasteiger partial charge in [0, 0.05) is 25.0 Å². The van der Waals surface area contributed by atoms with E-state index in [1.807, 2.05) is 22.6 Å². The van der Waals surface area contributed by atoms with Crippen molar-refractivity contribution in [1.29, 1.82) is 0 Å². The number of nitrogens with zero attached hydrogens (tertiary/aromatic N) is 2. The lowest BCUT2D eigenvalue weighted by Crippen LogP contribution is -2.32. The minimum Gasteiger partial charge on any atom is -0.466 e. The SMILES string of the molecule is CCCCCCCCCCCCCCCC=CNC(=O)OC[C@H](COP(=O)(O)OCCN1C=CSC1)Oc1ccon1. The predicted octanol–water partition coefficient (Wildman–Crippen LogP) is 7.75. The summed E-state index contributed by atoms with van der Waals surface area (Å²) >= 11 is 1.62. The number of carbonyl (C=O) groups excluding carboxylic acids is 1. The molecule has 0 aromatic carbocycles. The fourth-order valence-corrected chi connectivity index (χ4v) is 5.68. The lowest BCUT2D eigenvalue weighted by Gasteiger charge is -2.20. The van der Waals surface area contributed by atoms with E-state index in [0.29, 0.717) is 6.54 Å². The summed E-state index contributed by atoms with van der Waals surface area (Å²) in [6.07, 6.45) is 23.0. The molecule has 11 nitrogen and oxygen atoms in total. The van der Waals surface area contributed by atoms with Crippen LogP contribution in [0.5, 0.6) is 5.88 Å². The van der Waals surface area contributed by atoms with Crippen LogP contribution in [0.3, 0.4) is 0 Å². The number of ether oxygens (including phenoxy) is 2. The van der Waals surface area contributed by atoms with Gasteiger partial charge in [0.1, 0.15) is 12.9 Å². The molecular weight excluding hydrogens is 581 g/mol. The monoisotopic (exact) mass is 631 g/mol. The molecule has 2 heterocycles. The summed E-state index contributed by atoms with van der Waals surface area (Å²) < 4.78 is 37.9. The molecule has 2 rings (SSSR count). The molecule has 13 heteroatoms. The van der Waals surface area contributed by atoms with Gasteiger partial charge in [0.15, 0.2) is 6.10 Å². The van der Waals surface area contributed by atoms with Gasteiger partial charge in [-0.25, -0.2) is 9.36 Å². The Morgan fingerprint density at radius 3 is 2.40 bits per heavy atom. The largest absolute Gasteiger partial charge is 0.472 e. The van der Waals surface area contributed by atoms with Gasteiger partial charge >= 0.3 is 13.9 Å². The zero-order valence-electron chi connectivity index (χ0n) is 25.0. The van der Waals surface area contributed by atoms with Crippen LogP contribution < -0.4 is 10.1 Å². The number of phosphoric acid groups is 1. The van der Waals surface area contributed by atoms with Crippen LogP contribution in [0.15, 0.2) is 40.7 Å². The highest BCUT2D eigenvalue weighted by molar-refractivity contribution is 8.02. The van der Waals surface area contributed by atoms with Crippen LogP contribution >= 0.6 is 19.6 Å². The molecule has 0 bridgehead atoms. The topological polar surface area (TPSA) is 133 Å². The van der Waals surface area contributed by atoms with E-state index in [2.05, 4.69) is 17.4 Å². The number of rotatable bonds is 26. The zero-order valence-corrected chi connectivity index (χ0v) is 26.7. The maximum Gasteiger partial charge on any atom is 0.472 e. The molecule has 1 aromatic rings. The van der Waals surface area contributed by atoms with Gasteiger partial charge in [-0.15, -0.1) is 11.8 Å². The Labute approximate surface area is 255 Å². The van der Waals surface area contributed by atoms with Crippen molar-refractivity contribution in [1.82, 2.24) is 15.4 Å². The van der Waals surface area contributed by atoms with E-state index in [-0.39, 0.29) is 25.7 Å². The van der Waals surface area contributed by atoms with Crippen LogP contribution in [0.2, 0.25) is 0 Å². The second-order valence-electron chi connectivity index (χ2n) is 10.2. The third kappa shape index (κ3) is 19.3. The van der Waals surface area contributed by atoms with Gasteiger partial charge in [-0.2, -0.15) is 0 Å². The minimum absolute atomic E-state index is 0.0119. The summed E-state index contributed by atoms with van der Waals surface area (Å²) in [4.78, 5) is 24.1. The number of alkyl carbamates (subject to hydrolysis) is 1. The fourth-order valence-electron chi connectivity index (χ4n) is 4.19. The minimum atomic E-state index is -4.34. The van der Waals surface area contributed by atoms with Gasteiger partial charge in [-0.3, -0.25) is 14.4 Å². The van der Waals surface area contributed by atoms with Crippen molar-refractivity contribution in [2.45, 2.75) is 103 Å². The Balaban J connectivity index is 1.53. The van der Waals surface area contributed by atoms with Gasteiger partial charge in [0.05, 0.1) is 19.1 Å². The van der Waals surface area contributed by atoms with E-state index in [4.69, 9.17) is 23.0 Å². The van der Waals surface area contributed by atoms with E-state index in [9.17, 15) is 14.3 Å². The van der Waals surface area contributed by atoms with Crippen molar-refractivity contribution in [3.63, 3.8) is 0 Å². The first-order valence-corrected chi connectivity index (χ1v) is 17.8. The number of unbranched alkanes of at least 4 members (excludes halogenated alkanes) is 13. The number of hydrogen-bond donors (Lipinski definition) is 2. The molecule has 240 valence electrons. The lowest BCUT2D eigenvalue weighted by atomic mass is 10.0. The molecule has 0 saturated carbocycles. The van der Waals surface area contributed by atoms with Gasteiger partial charge in [-0.05, 0) is 23.4 Å². The van der Waals surface area contributed by atoms with Crippen LogP contribution in [0.4, 0.5) is 4.79 Å². The molecule has 1 aliphatic rings. The van der Waals surface area contributed by atoms with E-state index in [0.717, 1.165) is 18.7 Å². The van der Waals surface area contributed by atoms with E-state index in [1.165, 1.54) is 89.4 Å². The summed E-state index contributed by atoms with van der Waals surface area (Å²) in [5, 5.41) is 8.14. The highest BCUT2D eigenvalue weighted by atomic mass is 32.2. The van der Waals surface area contributed by atoms with Crippen molar-refractivity contribution in [2.24, 2.45) is 0 Å². The molecule has 2 atom stereocenters. The smallest absolute Gasteiger partial charge is 0.466 e. The predicted molar refractivity (Wildman–Crippen MR) is 165 cm³/mol. The fraction of sp³-hybridized carbons (Fsp3) is 0.724. The first-order valence-electron chi connectivity index (χ1n) is 15.3. The van der Waals surface area contributed by atoms with Crippen LogP contribution in [0.25, 0.3) is 0 Å². The number of carbonyl (C=O) groups is 1. The molecule has 42 heavy (non-hydrogen) atoms. The van der Waals surface area contributed by atoms with Crippen molar-refractivity contribution < 1.29 is 37.3 Å². The Hall–Kier alpha value is -1.98. The zero-order chi connectivity index (χ0) is 30.1. The van der Waals surface area contributed by atoms with Gasteiger partial charge in [-0.1, -0.05) is 90.0 Å². The highest BCUT2D eigenvalue weighted by Gasteiger charge is 2.26. The van der Waals surface area contributed by atoms with Crippen molar-refractivity contribution in [3.05, 3.63) is 36.2 Å². The molecule has 0 spiro atoms. The number of aromatic nitrogens is 1. The van der Waals surface area contributed by atoms with Gasteiger partial charge in [0.2, 0.25) is 0 Å². The number of allylic oxidation sites excluding steroid dienone is 1. The average Bonchev–Trinajstić information content (AvgIpc) is 3.69. The van der Waals surface area contributed by atoms with Crippen LogP contribution in [0.1, 0.15) is 96.8 Å². The molecule has 0 saturated heterocycles. The number of nitrogens with one attached hydrogen (secondary N) is 1. The molecule has 1 aliphatic heterocycles. The summed E-state index contributed by atoms with van der Waals surface area (Å²) in [5.74, 6) is 0.888. The Morgan fingerprint density at radius 1 is 1.10 bits per heavy atom. The van der Waals surface area contributed by atoms with Crippen LogP contribution in [-0.2, 0) is 18.3 Å². The summed E-state index contributed by atoms with van der Waals surface area (Å²) in [7, 11) is -4.34. The lowest BCUT2D eigenvalue weighted by molar-refractivity contribution is 0.0363. The van der Waals surface area contributed by atoms with E-state index < -0.39 is 20.0 Å². The molecule has 2 N–H and O–H groups in total. The van der Waals surface area contributed by atoms with Crippen molar-refractivity contribution >= 4 is 25.7 Å². The number of hydrogen-bond acceptors (Lipinski definition) is 10. The van der Waals surface area contributed by atoms with Gasteiger partial charge < -0.3 is 23.8 Å². The molecule has 0 radical (unpaired) electrons. The highest BCUT2D eigenvalue weighted by Crippen LogP contribution is 2.43. The Morgan fingerprint density at radius 2 is 1.79 bits per heavy atom. The Kier molecular flexibility index (Phi) is 20.2. The number of thioether (sulfide) groups is 1. The molecular formula is C29H50N3O8PS. The average molecular weight is 632 g/mol. The summed E-state index contributed by atoms with van der Waals surface area (Å²) in [6.45, 7) is 2.10. The Bertz CT molecular complexity index is 919. The molecule has 0 aliphatic carbocycles. The number of amides is 1. The second kappa shape index (κ2) is 23.5. The summed E-state index contributed by atoms with van der Waals surface area (Å²) in [6, 6.07) is 1.46. The summed E-state index contributed by atoms with van der Waals surface area (Å²) in [5.41, 5.74) is 0. The van der Waals surface area contributed by atoms with E-state index in [1.54, 1.807) is 18.0 Å². The first-order chi connectivity index (χ1) is 20.5. The third-order valence-corrected chi connectivity index (χ3v) is 8.34. The standard InChI is InChI=1S/C29H50N3O8PS/c1-2-3-4-5-6-7-8-9-10-11-12-13-14-15-16-18-30-29(33)36-24-27(40-28-17-21-37-31-28)25-39-41(34,35)38-22-19-32-20-23-42-26-32/h16-18,20-21,23,27H,2-15,19,22,24-26H2,1H3,(H,30,33)(H,34,35)/t27-/m1/s1.